The van der Waals surface area contributed by atoms with E-state index in [9.17, 15) is 0 Å². The van der Waals surface area contributed by atoms with Gasteiger partial charge < -0.3 is 16.4 Å². The third-order valence-corrected chi connectivity index (χ3v) is 3.46. The highest BCUT2D eigenvalue weighted by molar-refractivity contribution is 9.10. The van der Waals surface area contributed by atoms with E-state index in [0.29, 0.717) is 17.3 Å². The average molecular weight is 357 g/mol. The van der Waals surface area contributed by atoms with Crippen LogP contribution in [0.2, 0.25) is 0 Å². The van der Waals surface area contributed by atoms with Crippen LogP contribution < -0.4 is 16.4 Å². The van der Waals surface area contributed by atoms with Gasteiger partial charge in [-0.15, -0.1) is 0 Å². The van der Waals surface area contributed by atoms with Gasteiger partial charge in [0, 0.05) is 28.2 Å². The van der Waals surface area contributed by atoms with Crippen molar-refractivity contribution < 1.29 is 0 Å². The van der Waals surface area contributed by atoms with Gasteiger partial charge in [-0.2, -0.15) is 0 Å². The third-order valence-electron chi connectivity index (χ3n) is 2.93. The first-order valence-corrected chi connectivity index (χ1v) is 7.32. The predicted molar refractivity (Wildman–Crippen MR) is 91.4 cm³/mol. The van der Waals surface area contributed by atoms with E-state index in [0.717, 1.165) is 15.8 Å². The summed E-state index contributed by atoms with van der Waals surface area (Å²) < 4.78 is 1.01. The van der Waals surface area contributed by atoms with Crippen molar-refractivity contribution in [2.45, 2.75) is 0 Å². The van der Waals surface area contributed by atoms with Gasteiger partial charge in [-0.1, -0.05) is 15.9 Å². The van der Waals surface area contributed by atoms with Gasteiger partial charge in [-0.25, -0.2) is 9.97 Å². The minimum atomic E-state index is 0.447. The lowest BCUT2D eigenvalue weighted by atomic mass is 10.3. The molecule has 0 spiro atoms. The minimum absolute atomic E-state index is 0.447. The van der Waals surface area contributed by atoms with Crippen molar-refractivity contribution in [3.05, 3.63) is 59.6 Å². The van der Waals surface area contributed by atoms with Crippen molar-refractivity contribution in [2.75, 3.05) is 16.4 Å². The summed E-state index contributed by atoms with van der Waals surface area (Å²) in [7, 11) is 0. The van der Waals surface area contributed by atoms with E-state index >= 15 is 0 Å². The molecule has 0 saturated heterocycles. The standard InChI is InChI=1S/C15H13BrN6/c16-10-1-3-11(4-2-10)21-14-13(17)15(20-9-19-14)22-12-5-7-18-8-6-12/h1-9H,17H2,(H2,18,19,20,21,22). The average Bonchev–Trinajstić information content (AvgIpc) is 2.54. The second-order valence-corrected chi connectivity index (χ2v) is 5.39. The number of pyridine rings is 1. The number of nitrogens with two attached hydrogens (primary N) is 1. The van der Waals surface area contributed by atoms with Crippen molar-refractivity contribution >= 4 is 44.6 Å². The molecule has 0 aliphatic heterocycles. The molecule has 110 valence electrons. The number of aromatic nitrogens is 3. The normalized spacial score (nSPS) is 10.2. The molecule has 0 bridgehead atoms. The fourth-order valence-electron chi connectivity index (χ4n) is 1.84. The molecule has 3 aromatic rings. The maximum atomic E-state index is 6.13. The number of hydrogen-bond donors (Lipinski definition) is 3. The van der Waals surface area contributed by atoms with Crippen LogP contribution in [0.1, 0.15) is 0 Å². The highest BCUT2D eigenvalue weighted by Gasteiger charge is 2.08. The Balaban J connectivity index is 1.84. The number of anilines is 5. The van der Waals surface area contributed by atoms with Crippen molar-refractivity contribution in [2.24, 2.45) is 0 Å². The number of nitrogens with zero attached hydrogens (tertiary/aromatic N) is 3. The van der Waals surface area contributed by atoms with E-state index in [-0.39, 0.29) is 0 Å². The Morgan fingerprint density at radius 3 is 1.95 bits per heavy atom. The molecule has 0 aliphatic rings. The van der Waals surface area contributed by atoms with Crippen LogP contribution >= 0.6 is 15.9 Å². The summed E-state index contributed by atoms with van der Waals surface area (Å²) in [4.78, 5) is 12.3. The summed E-state index contributed by atoms with van der Waals surface area (Å²) in [6.07, 6.45) is 4.85. The lowest BCUT2D eigenvalue weighted by molar-refractivity contribution is 1.17. The summed E-state index contributed by atoms with van der Waals surface area (Å²) in [5.41, 5.74) is 8.33. The lowest BCUT2D eigenvalue weighted by Gasteiger charge is -2.12. The SMILES string of the molecule is Nc1c(Nc2ccncc2)ncnc1Nc1ccc(Br)cc1. The number of nitrogen functional groups attached to an aromatic ring is 1. The first-order chi connectivity index (χ1) is 10.7. The molecule has 0 amide bonds. The Morgan fingerprint density at radius 2 is 1.36 bits per heavy atom. The number of nitrogens with one attached hydrogen (secondary N) is 2. The molecule has 6 nitrogen and oxygen atoms in total. The highest BCUT2D eigenvalue weighted by Crippen LogP contribution is 2.28. The first-order valence-electron chi connectivity index (χ1n) is 6.52. The fraction of sp³-hybridized carbons (Fsp3) is 0. The van der Waals surface area contributed by atoms with Crippen molar-refractivity contribution in [1.82, 2.24) is 15.0 Å². The minimum Gasteiger partial charge on any atom is -0.393 e. The van der Waals surface area contributed by atoms with Gasteiger partial charge in [-0.05, 0) is 36.4 Å². The van der Waals surface area contributed by atoms with E-state index in [1.807, 2.05) is 36.4 Å². The van der Waals surface area contributed by atoms with Gasteiger partial charge in [0.2, 0.25) is 0 Å². The molecular formula is C15H13BrN6. The van der Waals surface area contributed by atoms with Gasteiger partial charge in [0.05, 0.1) is 0 Å². The van der Waals surface area contributed by atoms with E-state index in [2.05, 4.69) is 41.5 Å². The Labute approximate surface area is 136 Å². The third kappa shape index (κ3) is 3.32. The molecule has 1 aromatic carbocycles. The smallest absolute Gasteiger partial charge is 0.159 e. The monoisotopic (exact) mass is 356 g/mol. The highest BCUT2D eigenvalue weighted by atomic mass is 79.9. The number of halogens is 1. The van der Waals surface area contributed by atoms with Crippen LogP contribution in [-0.4, -0.2) is 15.0 Å². The zero-order valence-corrected chi connectivity index (χ0v) is 13.1. The maximum Gasteiger partial charge on any atom is 0.159 e. The second-order valence-electron chi connectivity index (χ2n) is 4.48. The van der Waals surface area contributed by atoms with Gasteiger partial charge >= 0.3 is 0 Å². The van der Waals surface area contributed by atoms with Crippen LogP contribution in [0.15, 0.2) is 59.6 Å². The van der Waals surface area contributed by atoms with Crippen LogP contribution in [0.25, 0.3) is 0 Å². The molecule has 22 heavy (non-hydrogen) atoms. The molecular weight excluding hydrogens is 344 g/mol. The molecule has 0 radical (unpaired) electrons. The van der Waals surface area contributed by atoms with Crippen LogP contribution in [0.4, 0.5) is 28.7 Å². The largest absolute Gasteiger partial charge is 0.393 e. The Morgan fingerprint density at radius 1 is 0.818 bits per heavy atom. The summed E-state index contributed by atoms with van der Waals surface area (Å²) in [6.45, 7) is 0. The van der Waals surface area contributed by atoms with Gasteiger partial charge in [-0.3, -0.25) is 4.98 Å². The Kier molecular flexibility index (Phi) is 4.15. The first kappa shape index (κ1) is 14.3. The van der Waals surface area contributed by atoms with Gasteiger partial charge in [0.1, 0.15) is 12.0 Å². The zero-order chi connectivity index (χ0) is 15.4. The summed E-state index contributed by atoms with van der Waals surface area (Å²) in [5, 5.41) is 6.32. The molecule has 0 unspecified atom stereocenters. The van der Waals surface area contributed by atoms with E-state index in [1.54, 1.807) is 12.4 Å². The molecule has 7 heteroatoms. The summed E-state index contributed by atoms with van der Waals surface area (Å²) in [5.74, 6) is 1.09. The fourth-order valence-corrected chi connectivity index (χ4v) is 2.10. The maximum absolute atomic E-state index is 6.13. The molecule has 0 aliphatic carbocycles. The second kappa shape index (κ2) is 6.40. The molecule has 0 atom stereocenters. The van der Waals surface area contributed by atoms with E-state index in [1.165, 1.54) is 6.33 Å². The summed E-state index contributed by atoms with van der Waals surface area (Å²) >= 11 is 3.40. The quantitative estimate of drug-likeness (QED) is 0.660. The van der Waals surface area contributed by atoms with Gasteiger partial charge in [0.25, 0.3) is 0 Å². The van der Waals surface area contributed by atoms with Crippen LogP contribution in [0.3, 0.4) is 0 Å². The zero-order valence-electron chi connectivity index (χ0n) is 11.5. The predicted octanol–water partition coefficient (Wildman–Crippen LogP) is 3.70. The van der Waals surface area contributed by atoms with Crippen LogP contribution in [-0.2, 0) is 0 Å². The lowest BCUT2D eigenvalue weighted by Crippen LogP contribution is -2.05. The molecule has 2 heterocycles. The molecule has 4 N–H and O–H groups in total. The van der Waals surface area contributed by atoms with Crippen molar-refractivity contribution in [3.63, 3.8) is 0 Å². The van der Waals surface area contributed by atoms with E-state index in [4.69, 9.17) is 5.73 Å². The van der Waals surface area contributed by atoms with Crippen LogP contribution in [0.5, 0.6) is 0 Å². The molecule has 2 aromatic heterocycles. The van der Waals surface area contributed by atoms with E-state index < -0.39 is 0 Å². The topological polar surface area (TPSA) is 88.8 Å². The molecule has 3 rings (SSSR count). The van der Waals surface area contributed by atoms with Crippen molar-refractivity contribution in [3.8, 4) is 0 Å². The van der Waals surface area contributed by atoms with Crippen LogP contribution in [0, 0.1) is 0 Å². The number of benzene rings is 1. The van der Waals surface area contributed by atoms with Crippen molar-refractivity contribution in [1.29, 1.82) is 0 Å². The Hall–Kier alpha value is -2.67. The number of hydrogen-bond acceptors (Lipinski definition) is 6. The molecule has 0 saturated carbocycles. The Bertz CT molecular complexity index is 761. The molecule has 0 fully saturated rings. The summed E-state index contributed by atoms with van der Waals surface area (Å²) in [6, 6.07) is 11.4. The number of rotatable bonds is 4. The van der Waals surface area contributed by atoms with Gasteiger partial charge in [0.15, 0.2) is 11.6 Å².